The standard InChI is InChI=1S/C20H20N2O4S/c23-17(10-22-19(24)15-8-4-5-9-16(15)20(22)25)26-11-14-12-27-18(21-14)13-6-2-1-3-7-13/h1-3,6-7,12,15-16H,4-5,8-11H2. The fourth-order valence-electron chi connectivity index (χ4n) is 3.80. The maximum absolute atomic E-state index is 12.4. The van der Waals surface area contributed by atoms with Crippen molar-refractivity contribution in [2.24, 2.45) is 11.8 Å². The summed E-state index contributed by atoms with van der Waals surface area (Å²) in [6.45, 7) is -0.272. The number of hydrogen-bond donors (Lipinski definition) is 0. The Hall–Kier alpha value is -2.54. The second-order valence-corrected chi connectivity index (χ2v) is 7.79. The minimum Gasteiger partial charge on any atom is -0.458 e. The Morgan fingerprint density at radius 3 is 2.44 bits per heavy atom. The summed E-state index contributed by atoms with van der Waals surface area (Å²) in [6, 6.07) is 9.77. The van der Waals surface area contributed by atoms with Crippen LogP contribution in [0.4, 0.5) is 0 Å². The summed E-state index contributed by atoms with van der Waals surface area (Å²) in [6.07, 6.45) is 3.40. The van der Waals surface area contributed by atoms with Gasteiger partial charge in [0.1, 0.15) is 18.2 Å². The van der Waals surface area contributed by atoms with E-state index < -0.39 is 5.97 Å². The molecule has 2 atom stereocenters. The Morgan fingerprint density at radius 2 is 1.78 bits per heavy atom. The van der Waals surface area contributed by atoms with E-state index in [1.54, 1.807) is 0 Å². The first-order valence-electron chi connectivity index (χ1n) is 9.14. The van der Waals surface area contributed by atoms with Crippen LogP contribution in [0.2, 0.25) is 0 Å². The molecule has 2 aliphatic rings. The molecule has 4 rings (SSSR count). The van der Waals surface area contributed by atoms with Crippen molar-refractivity contribution in [2.75, 3.05) is 6.54 Å². The number of thiazole rings is 1. The summed E-state index contributed by atoms with van der Waals surface area (Å²) >= 11 is 1.48. The maximum Gasteiger partial charge on any atom is 0.326 e. The number of ether oxygens (including phenoxy) is 1. The lowest BCUT2D eigenvalue weighted by Crippen LogP contribution is -2.36. The molecule has 1 aliphatic heterocycles. The fourth-order valence-corrected chi connectivity index (χ4v) is 4.61. The van der Waals surface area contributed by atoms with Gasteiger partial charge in [0.05, 0.1) is 17.5 Å². The molecular formula is C20H20N2O4S. The Morgan fingerprint density at radius 1 is 1.11 bits per heavy atom. The summed E-state index contributed by atoms with van der Waals surface area (Å²) < 4.78 is 5.25. The number of aromatic nitrogens is 1. The van der Waals surface area contributed by atoms with Gasteiger partial charge in [-0.2, -0.15) is 0 Å². The summed E-state index contributed by atoms with van der Waals surface area (Å²) in [5, 5.41) is 2.70. The molecule has 0 radical (unpaired) electrons. The molecule has 27 heavy (non-hydrogen) atoms. The summed E-state index contributed by atoms with van der Waals surface area (Å²) in [5.74, 6) is -1.51. The molecule has 2 aromatic rings. The van der Waals surface area contributed by atoms with Gasteiger partial charge < -0.3 is 4.74 Å². The van der Waals surface area contributed by atoms with Crippen molar-refractivity contribution < 1.29 is 19.1 Å². The first-order valence-corrected chi connectivity index (χ1v) is 10.0. The van der Waals surface area contributed by atoms with Crippen LogP contribution < -0.4 is 0 Å². The smallest absolute Gasteiger partial charge is 0.326 e. The fraction of sp³-hybridized carbons (Fsp3) is 0.400. The topological polar surface area (TPSA) is 76.6 Å². The SMILES string of the molecule is O=C(CN1C(=O)C2CCCCC2C1=O)OCc1csc(-c2ccccc2)n1. The van der Waals surface area contributed by atoms with Gasteiger partial charge >= 0.3 is 5.97 Å². The van der Waals surface area contributed by atoms with Gasteiger partial charge in [-0.3, -0.25) is 19.3 Å². The van der Waals surface area contributed by atoms with Crippen LogP contribution in [0, 0.1) is 11.8 Å². The molecule has 6 nitrogen and oxygen atoms in total. The van der Waals surface area contributed by atoms with Crippen LogP contribution in [0.3, 0.4) is 0 Å². The number of rotatable bonds is 5. The van der Waals surface area contributed by atoms with E-state index in [2.05, 4.69) is 4.98 Å². The zero-order valence-corrected chi connectivity index (χ0v) is 15.6. The zero-order chi connectivity index (χ0) is 18.8. The maximum atomic E-state index is 12.4. The lowest BCUT2D eigenvalue weighted by atomic mass is 9.81. The molecule has 1 aromatic carbocycles. The van der Waals surface area contributed by atoms with Crippen molar-refractivity contribution in [3.05, 3.63) is 41.4 Å². The number of esters is 1. The minimum atomic E-state index is -0.579. The third kappa shape index (κ3) is 3.64. The molecule has 7 heteroatoms. The van der Waals surface area contributed by atoms with E-state index in [1.807, 2.05) is 35.7 Å². The van der Waals surface area contributed by atoms with Crippen molar-refractivity contribution >= 4 is 29.1 Å². The highest BCUT2D eigenvalue weighted by molar-refractivity contribution is 7.13. The second-order valence-electron chi connectivity index (χ2n) is 6.93. The van der Waals surface area contributed by atoms with Crippen molar-refractivity contribution in [3.63, 3.8) is 0 Å². The van der Waals surface area contributed by atoms with E-state index in [9.17, 15) is 14.4 Å². The number of fused-ring (bicyclic) bond motifs is 1. The number of benzene rings is 1. The van der Waals surface area contributed by atoms with Crippen LogP contribution >= 0.6 is 11.3 Å². The highest BCUT2D eigenvalue weighted by atomic mass is 32.1. The largest absolute Gasteiger partial charge is 0.458 e. The molecule has 2 amide bonds. The lowest BCUT2D eigenvalue weighted by Gasteiger charge is -2.19. The molecule has 1 aromatic heterocycles. The highest BCUT2D eigenvalue weighted by Gasteiger charge is 2.48. The monoisotopic (exact) mass is 384 g/mol. The molecule has 0 bridgehead atoms. The van der Waals surface area contributed by atoms with Crippen molar-refractivity contribution in [2.45, 2.75) is 32.3 Å². The van der Waals surface area contributed by atoms with E-state index >= 15 is 0 Å². The van der Waals surface area contributed by atoms with Crippen molar-refractivity contribution in [1.29, 1.82) is 0 Å². The van der Waals surface area contributed by atoms with E-state index in [4.69, 9.17) is 4.74 Å². The molecular weight excluding hydrogens is 364 g/mol. The average molecular weight is 384 g/mol. The third-order valence-electron chi connectivity index (χ3n) is 5.17. The summed E-state index contributed by atoms with van der Waals surface area (Å²) in [4.78, 5) is 42.5. The second kappa shape index (κ2) is 7.60. The molecule has 1 saturated heterocycles. The number of nitrogens with zero attached hydrogens (tertiary/aromatic N) is 2. The predicted octanol–water partition coefficient (Wildman–Crippen LogP) is 3.03. The van der Waals surface area contributed by atoms with Crippen LogP contribution in [-0.4, -0.2) is 34.2 Å². The normalized spacial score (nSPS) is 22.0. The molecule has 0 spiro atoms. The Labute approximate surface area is 161 Å². The third-order valence-corrected chi connectivity index (χ3v) is 6.11. The quantitative estimate of drug-likeness (QED) is 0.585. The van der Waals surface area contributed by atoms with Gasteiger partial charge in [-0.05, 0) is 12.8 Å². The van der Waals surface area contributed by atoms with E-state index in [-0.39, 0.29) is 36.8 Å². The predicted molar refractivity (Wildman–Crippen MR) is 99.5 cm³/mol. The van der Waals surface area contributed by atoms with Gasteiger partial charge in [0, 0.05) is 10.9 Å². The number of carbonyl (C=O) groups is 3. The number of imide groups is 1. The molecule has 2 fully saturated rings. The minimum absolute atomic E-state index is 0.0330. The van der Waals surface area contributed by atoms with E-state index in [1.165, 1.54) is 11.3 Å². The first kappa shape index (κ1) is 17.9. The number of amides is 2. The van der Waals surface area contributed by atoms with Crippen LogP contribution in [0.25, 0.3) is 10.6 Å². The lowest BCUT2D eigenvalue weighted by molar-refractivity contribution is -0.153. The van der Waals surface area contributed by atoms with Gasteiger partial charge in [-0.15, -0.1) is 11.3 Å². The van der Waals surface area contributed by atoms with Crippen LogP contribution in [-0.2, 0) is 25.7 Å². The average Bonchev–Trinajstić information content (AvgIpc) is 3.27. The van der Waals surface area contributed by atoms with Crippen LogP contribution in [0.1, 0.15) is 31.4 Å². The van der Waals surface area contributed by atoms with E-state index in [0.717, 1.165) is 41.2 Å². The summed E-state index contributed by atoms with van der Waals surface area (Å²) in [5.41, 5.74) is 1.66. The van der Waals surface area contributed by atoms with Crippen LogP contribution in [0.5, 0.6) is 0 Å². The Bertz CT molecular complexity index is 840. The van der Waals surface area contributed by atoms with Crippen molar-refractivity contribution in [3.8, 4) is 10.6 Å². The Balaban J connectivity index is 1.33. The van der Waals surface area contributed by atoms with Gasteiger partial charge in [0.25, 0.3) is 0 Å². The molecule has 1 saturated carbocycles. The van der Waals surface area contributed by atoms with Gasteiger partial charge in [0.2, 0.25) is 11.8 Å². The number of carbonyl (C=O) groups excluding carboxylic acids is 3. The molecule has 2 heterocycles. The molecule has 140 valence electrons. The van der Waals surface area contributed by atoms with Crippen molar-refractivity contribution in [1.82, 2.24) is 9.88 Å². The van der Waals surface area contributed by atoms with Gasteiger partial charge in [-0.25, -0.2) is 4.98 Å². The van der Waals surface area contributed by atoms with Gasteiger partial charge in [-0.1, -0.05) is 43.2 Å². The highest BCUT2D eigenvalue weighted by Crippen LogP contribution is 2.37. The van der Waals surface area contributed by atoms with Crippen LogP contribution in [0.15, 0.2) is 35.7 Å². The number of hydrogen-bond acceptors (Lipinski definition) is 6. The van der Waals surface area contributed by atoms with E-state index in [0.29, 0.717) is 5.69 Å². The number of likely N-dealkylation sites (tertiary alicyclic amines) is 1. The molecule has 1 aliphatic carbocycles. The Kier molecular flexibility index (Phi) is 5.03. The van der Waals surface area contributed by atoms with Gasteiger partial charge in [0.15, 0.2) is 0 Å². The molecule has 2 unspecified atom stereocenters. The zero-order valence-electron chi connectivity index (χ0n) is 14.8. The molecule has 0 N–H and O–H groups in total. The summed E-state index contributed by atoms with van der Waals surface area (Å²) in [7, 11) is 0. The first-order chi connectivity index (χ1) is 13.1.